The van der Waals surface area contributed by atoms with Gasteiger partial charge in [-0.2, -0.15) is 13.2 Å². The fourth-order valence-corrected chi connectivity index (χ4v) is 1.75. The molecule has 3 nitrogen and oxygen atoms in total. The SMILES string of the molecule is O=C(NC1(C2CNC2)CC1)C(F)(F)F. The maximum atomic E-state index is 12.0. The summed E-state index contributed by atoms with van der Waals surface area (Å²) in [6.07, 6.45) is -3.42. The standard InChI is InChI=1S/C8H11F3N2O/c9-8(10,11)6(14)13-7(1-2-7)5-3-12-4-5/h5,12H,1-4H2,(H,13,14). The minimum Gasteiger partial charge on any atom is -0.342 e. The number of nitrogens with one attached hydrogen (secondary N) is 2. The number of carbonyl (C=O) groups excluding carboxylic acids is 1. The third-order valence-corrected chi connectivity index (χ3v) is 2.97. The minimum absolute atomic E-state index is 0.175. The van der Waals surface area contributed by atoms with E-state index in [1.807, 2.05) is 0 Å². The molecule has 0 aromatic heterocycles. The predicted octanol–water partition coefficient (Wildman–Crippen LogP) is 0.417. The lowest BCUT2D eigenvalue weighted by molar-refractivity contribution is -0.175. The molecule has 1 amide bonds. The van der Waals surface area contributed by atoms with Gasteiger partial charge in [-0.25, -0.2) is 0 Å². The smallest absolute Gasteiger partial charge is 0.342 e. The molecule has 80 valence electrons. The lowest BCUT2D eigenvalue weighted by Crippen LogP contribution is -2.58. The summed E-state index contributed by atoms with van der Waals surface area (Å²) in [5.41, 5.74) is -0.558. The van der Waals surface area contributed by atoms with Crippen molar-refractivity contribution in [2.24, 2.45) is 5.92 Å². The molecule has 6 heteroatoms. The normalized spacial score (nSPS) is 25.4. The third kappa shape index (κ3) is 1.58. The molecule has 1 aliphatic carbocycles. The van der Waals surface area contributed by atoms with Gasteiger partial charge in [-0.05, 0) is 12.8 Å². The zero-order valence-electron chi connectivity index (χ0n) is 7.45. The number of halogens is 3. The van der Waals surface area contributed by atoms with Gasteiger partial charge in [-0.3, -0.25) is 4.79 Å². The minimum atomic E-state index is -4.76. The maximum absolute atomic E-state index is 12.0. The van der Waals surface area contributed by atoms with Crippen LogP contribution in [0.4, 0.5) is 13.2 Å². The summed E-state index contributed by atoms with van der Waals surface area (Å²) in [7, 11) is 0. The highest BCUT2D eigenvalue weighted by atomic mass is 19.4. The molecule has 14 heavy (non-hydrogen) atoms. The van der Waals surface area contributed by atoms with Crippen LogP contribution in [0, 0.1) is 5.92 Å². The van der Waals surface area contributed by atoms with Crippen LogP contribution in [0.2, 0.25) is 0 Å². The molecule has 1 saturated heterocycles. The molecule has 0 spiro atoms. The molecule has 2 rings (SSSR count). The van der Waals surface area contributed by atoms with Crippen molar-refractivity contribution in [3.63, 3.8) is 0 Å². The van der Waals surface area contributed by atoms with E-state index >= 15 is 0 Å². The van der Waals surface area contributed by atoms with Gasteiger partial charge in [-0.1, -0.05) is 0 Å². The van der Waals surface area contributed by atoms with Crippen LogP contribution in [0.1, 0.15) is 12.8 Å². The second kappa shape index (κ2) is 2.85. The number of amides is 1. The van der Waals surface area contributed by atoms with Crippen LogP contribution in [0.3, 0.4) is 0 Å². The molecule has 0 bridgehead atoms. The Hall–Kier alpha value is -0.780. The molecular weight excluding hydrogens is 197 g/mol. The molecular formula is C8H11F3N2O. The summed E-state index contributed by atoms with van der Waals surface area (Å²) < 4.78 is 35.9. The zero-order chi connectivity index (χ0) is 10.4. The van der Waals surface area contributed by atoms with Crippen molar-refractivity contribution < 1.29 is 18.0 Å². The van der Waals surface area contributed by atoms with Gasteiger partial charge in [0.2, 0.25) is 0 Å². The molecule has 0 radical (unpaired) electrons. The lowest BCUT2D eigenvalue weighted by Gasteiger charge is -2.35. The average Bonchev–Trinajstić information content (AvgIpc) is 2.62. The van der Waals surface area contributed by atoms with Crippen molar-refractivity contribution >= 4 is 5.91 Å². The zero-order valence-corrected chi connectivity index (χ0v) is 7.45. The number of carbonyl (C=O) groups is 1. The highest BCUT2D eigenvalue weighted by molar-refractivity contribution is 5.82. The first-order valence-corrected chi connectivity index (χ1v) is 4.54. The third-order valence-electron chi connectivity index (χ3n) is 2.97. The number of rotatable bonds is 2. The van der Waals surface area contributed by atoms with Crippen molar-refractivity contribution in [1.82, 2.24) is 10.6 Å². The van der Waals surface area contributed by atoms with Crippen molar-refractivity contribution in [3.05, 3.63) is 0 Å². The van der Waals surface area contributed by atoms with Crippen molar-refractivity contribution in [2.45, 2.75) is 24.6 Å². The van der Waals surface area contributed by atoms with Crippen molar-refractivity contribution in [3.8, 4) is 0 Å². The average molecular weight is 208 g/mol. The van der Waals surface area contributed by atoms with Gasteiger partial charge in [0.25, 0.3) is 0 Å². The first-order valence-electron chi connectivity index (χ1n) is 4.54. The first-order chi connectivity index (χ1) is 6.44. The molecule has 2 aliphatic rings. The Morgan fingerprint density at radius 1 is 1.36 bits per heavy atom. The van der Waals surface area contributed by atoms with E-state index in [1.54, 1.807) is 0 Å². The fraction of sp³-hybridized carbons (Fsp3) is 0.875. The number of hydrogen-bond acceptors (Lipinski definition) is 2. The van der Waals surface area contributed by atoms with Gasteiger partial charge < -0.3 is 10.6 Å². The second-order valence-corrected chi connectivity index (χ2v) is 3.96. The largest absolute Gasteiger partial charge is 0.471 e. The van der Waals surface area contributed by atoms with E-state index in [0.29, 0.717) is 25.9 Å². The second-order valence-electron chi connectivity index (χ2n) is 3.96. The van der Waals surface area contributed by atoms with Crippen LogP contribution in [0.15, 0.2) is 0 Å². The van der Waals surface area contributed by atoms with Gasteiger partial charge in [0, 0.05) is 24.5 Å². The Morgan fingerprint density at radius 2 is 1.93 bits per heavy atom. The molecule has 0 unspecified atom stereocenters. The summed E-state index contributed by atoms with van der Waals surface area (Å²) in [5, 5.41) is 5.09. The van der Waals surface area contributed by atoms with Crippen LogP contribution >= 0.6 is 0 Å². The topological polar surface area (TPSA) is 41.1 Å². The van der Waals surface area contributed by atoms with Gasteiger partial charge >= 0.3 is 12.1 Å². The molecule has 2 N–H and O–H groups in total. The molecule has 1 saturated carbocycles. The van der Waals surface area contributed by atoms with Crippen LogP contribution < -0.4 is 10.6 Å². The molecule has 2 fully saturated rings. The van der Waals surface area contributed by atoms with E-state index in [-0.39, 0.29) is 5.92 Å². The van der Waals surface area contributed by atoms with E-state index in [4.69, 9.17) is 0 Å². The van der Waals surface area contributed by atoms with Crippen LogP contribution in [0.25, 0.3) is 0 Å². The van der Waals surface area contributed by atoms with E-state index < -0.39 is 17.6 Å². The Balaban J connectivity index is 1.93. The van der Waals surface area contributed by atoms with Gasteiger partial charge in [0.05, 0.1) is 0 Å². The first kappa shape index (κ1) is 9.76. The molecule has 0 aromatic carbocycles. The molecule has 1 heterocycles. The summed E-state index contributed by atoms with van der Waals surface area (Å²) in [4.78, 5) is 10.7. The quantitative estimate of drug-likeness (QED) is 0.690. The predicted molar refractivity (Wildman–Crippen MR) is 42.5 cm³/mol. The summed E-state index contributed by atoms with van der Waals surface area (Å²) in [5.74, 6) is -1.63. The van der Waals surface area contributed by atoms with Crippen molar-refractivity contribution in [2.75, 3.05) is 13.1 Å². The molecule has 1 aliphatic heterocycles. The van der Waals surface area contributed by atoms with Crippen LogP contribution in [-0.4, -0.2) is 30.7 Å². The summed E-state index contributed by atoms with van der Waals surface area (Å²) >= 11 is 0. The Kier molecular flexibility index (Phi) is 1.99. The van der Waals surface area contributed by atoms with E-state index in [9.17, 15) is 18.0 Å². The van der Waals surface area contributed by atoms with E-state index in [1.165, 1.54) is 0 Å². The maximum Gasteiger partial charge on any atom is 0.471 e. The van der Waals surface area contributed by atoms with Crippen LogP contribution in [-0.2, 0) is 4.79 Å². The molecule has 0 aromatic rings. The van der Waals surface area contributed by atoms with Gasteiger partial charge in [-0.15, -0.1) is 0 Å². The van der Waals surface area contributed by atoms with Gasteiger partial charge in [0.15, 0.2) is 0 Å². The lowest BCUT2D eigenvalue weighted by atomic mass is 9.91. The van der Waals surface area contributed by atoms with Gasteiger partial charge in [0.1, 0.15) is 0 Å². The number of hydrogen-bond donors (Lipinski definition) is 2. The van der Waals surface area contributed by atoms with Crippen molar-refractivity contribution in [1.29, 1.82) is 0 Å². The summed E-state index contributed by atoms with van der Waals surface area (Å²) in [6.45, 7) is 1.41. The highest BCUT2D eigenvalue weighted by Gasteiger charge is 2.55. The summed E-state index contributed by atoms with van der Waals surface area (Å²) in [6, 6.07) is 0. The monoisotopic (exact) mass is 208 g/mol. The van der Waals surface area contributed by atoms with E-state index in [2.05, 4.69) is 10.6 Å². The number of alkyl halides is 3. The van der Waals surface area contributed by atoms with E-state index in [0.717, 1.165) is 0 Å². The fourth-order valence-electron chi connectivity index (χ4n) is 1.75. The highest BCUT2D eigenvalue weighted by Crippen LogP contribution is 2.44. The molecule has 0 atom stereocenters. The van der Waals surface area contributed by atoms with Crippen LogP contribution in [0.5, 0.6) is 0 Å². The Morgan fingerprint density at radius 3 is 2.21 bits per heavy atom. The Labute approximate surface area is 79.0 Å². The Bertz CT molecular complexity index is 256.